The van der Waals surface area contributed by atoms with Crippen LogP contribution in [0.4, 0.5) is 11.4 Å². The van der Waals surface area contributed by atoms with E-state index >= 15 is 0 Å². The van der Waals surface area contributed by atoms with Crippen LogP contribution in [-0.2, 0) is 16.0 Å². The first-order valence-electron chi connectivity index (χ1n) is 11.1. The first-order valence-corrected chi connectivity index (χ1v) is 11.1. The third-order valence-electron chi connectivity index (χ3n) is 6.03. The van der Waals surface area contributed by atoms with Crippen molar-refractivity contribution in [2.24, 2.45) is 0 Å². The Labute approximate surface area is 189 Å². The van der Waals surface area contributed by atoms with Crippen molar-refractivity contribution >= 4 is 34.0 Å². The van der Waals surface area contributed by atoms with Gasteiger partial charge in [-0.1, -0.05) is 42.5 Å². The highest BCUT2D eigenvalue weighted by atomic mass is 16.2. The number of anilines is 2. The van der Waals surface area contributed by atoms with Gasteiger partial charge in [-0.25, -0.2) is 0 Å². The summed E-state index contributed by atoms with van der Waals surface area (Å²) in [6, 6.07) is 20.0. The van der Waals surface area contributed by atoms with Crippen LogP contribution in [0.25, 0.3) is 10.8 Å². The SMILES string of the molecule is Cc1cc(N2CCN(C)CC2)ccc1NC(=O)CNC(=O)Cc1cccc2ccccc12. The molecule has 1 fully saturated rings. The normalized spacial score (nSPS) is 14.4. The molecule has 6 heteroatoms. The molecule has 1 heterocycles. The van der Waals surface area contributed by atoms with Crippen molar-refractivity contribution in [3.8, 4) is 0 Å². The smallest absolute Gasteiger partial charge is 0.243 e. The molecule has 1 saturated heterocycles. The predicted octanol–water partition coefficient (Wildman–Crippen LogP) is 3.20. The first-order chi connectivity index (χ1) is 15.5. The fraction of sp³-hybridized carbons (Fsp3) is 0.308. The number of aryl methyl sites for hydroxylation is 1. The van der Waals surface area contributed by atoms with Gasteiger partial charge >= 0.3 is 0 Å². The van der Waals surface area contributed by atoms with Crippen LogP contribution in [-0.4, -0.2) is 56.5 Å². The van der Waals surface area contributed by atoms with Crippen molar-refractivity contribution in [2.45, 2.75) is 13.3 Å². The number of hydrogen-bond donors (Lipinski definition) is 2. The van der Waals surface area contributed by atoms with Crippen molar-refractivity contribution in [2.75, 3.05) is 50.0 Å². The number of benzene rings is 3. The van der Waals surface area contributed by atoms with Gasteiger partial charge in [-0.2, -0.15) is 0 Å². The van der Waals surface area contributed by atoms with Gasteiger partial charge in [-0.05, 0) is 54.1 Å². The maximum Gasteiger partial charge on any atom is 0.243 e. The monoisotopic (exact) mass is 430 g/mol. The number of nitrogens with one attached hydrogen (secondary N) is 2. The summed E-state index contributed by atoms with van der Waals surface area (Å²) in [5.41, 5.74) is 3.92. The lowest BCUT2D eigenvalue weighted by Gasteiger charge is -2.34. The van der Waals surface area contributed by atoms with Gasteiger partial charge in [0.25, 0.3) is 0 Å². The highest BCUT2D eigenvalue weighted by molar-refractivity contribution is 5.96. The van der Waals surface area contributed by atoms with E-state index in [1.165, 1.54) is 5.69 Å². The van der Waals surface area contributed by atoms with E-state index in [0.29, 0.717) is 0 Å². The molecule has 32 heavy (non-hydrogen) atoms. The molecule has 0 aromatic heterocycles. The molecule has 2 N–H and O–H groups in total. The highest BCUT2D eigenvalue weighted by Crippen LogP contribution is 2.23. The summed E-state index contributed by atoms with van der Waals surface area (Å²) in [6.45, 7) is 6.05. The van der Waals surface area contributed by atoms with Gasteiger partial charge in [-0.3, -0.25) is 9.59 Å². The topological polar surface area (TPSA) is 64.7 Å². The second kappa shape index (κ2) is 9.83. The number of rotatable bonds is 6. The van der Waals surface area contributed by atoms with Crippen molar-refractivity contribution in [3.05, 3.63) is 71.8 Å². The quantitative estimate of drug-likeness (QED) is 0.630. The van der Waals surface area contributed by atoms with E-state index in [-0.39, 0.29) is 24.8 Å². The number of carbonyl (C=O) groups is 2. The van der Waals surface area contributed by atoms with E-state index in [2.05, 4.69) is 33.5 Å². The zero-order chi connectivity index (χ0) is 22.5. The molecule has 0 unspecified atom stereocenters. The van der Waals surface area contributed by atoms with Gasteiger partial charge in [0.15, 0.2) is 0 Å². The summed E-state index contributed by atoms with van der Waals surface area (Å²) in [6.07, 6.45) is 0.243. The molecule has 0 aliphatic carbocycles. The molecular weight excluding hydrogens is 400 g/mol. The van der Waals surface area contributed by atoms with E-state index in [1.807, 2.05) is 61.5 Å². The Bertz CT molecular complexity index is 1110. The second-order valence-electron chi connectivity index (χ2n) is 8.43. The molecule has 1 aliphatic rings. The number of fused-ring (bicyclic) bond motifs is 1. The Hall–Kier alpha value is -3.38. The zero-order valence-electron chi connectivity index (χ0n) is 18.7. The van der Waals surface area contributed by atoms with Crippen molar-refractivity contribution in [3.63, 3.8) is 0 Å². The third kappa shape index (κ3) is 5.26. The van der Waals surface area contributed by atoms with E-state index in [9.17, 15) is 9.59 Å². The molecule has 166 valence electrons. The zero-order valence-corrected chi connectivity index (χ0v) is 18.7. The summed E-state index contributed by atoms with van der Waals surface area (Å²) < 4.78 is 0. The standard InChI is InChI=1S/C26H30N4O2/c1-19-16-22(30-14-12-29(2)13-15-30)10-11-24(19)28-26(32)18-27-25(31)17-21-8-5-7-20-6-3-4-9-23(20)21/h3-11,16H,12-15,17-18H2,1-2H3,(H,27,31)(H,28,32). The average Bonchev–Trinajstić information content (AvgIpc) is 2.80. The van der Waals surface area contributed by atoms with Gasteiger partial charge in [0.2, 0.25) is 11.8 Å². The summed E-state index contributed by atoms with van der Waals surface area (Å²) in [4.78, 5) is 29.5. The van der Waals surface area contributed by atoms with Gasteiger partial charge in [0, 0.05) is 37.6 Å². The minimum atomic E-state index is -0.230. The van der Waals surface area contributed by atoms with Crippen molar-refractivity contribution < 1.29 is 9.59 Å². The fourth-order valence-corrected chi connectivity index (χ4v) is 4.10. The van der Waals surface area contributed by atoms with Crippen LogP contribution < -0.4 is 15.5 Å². The minimum absolute atomic E-state index is 0.0523. The fourth-order valence-electron chi connectivity index (χ4n) is 4.10. The Morgan fingerprint density at radius 1 is 0.906 bits per heavy atom. The Kier molecular flexibility index (Phi) is 6.71. The second-order valence-corrected chi connectivity index (χ2v) is 8.43. The summed E-state index contributed by atoms with van der Waals surface area (Å²) in [5, 5.41) is 7.82. The first kappa shape index (κ1) is 21.8. The number of carbonyl (C=O) groups excluding carboxylic acids is 2. The number of likely N-dealkylation sites (N-methyl/N-ethyl adjacent to an activating group) is 1. The van der Waals surface area contributed by atoms with Crippen LogP contribution in [0.1, 0.15) is 11.1 Å². The molecule has 0 radical (unpaired) electrons. The maximum absolute atomic E-state index is 12.4. The van der Waals surface area contributed by atoms with Gasteiger partial charge in [0.05, 0.1) is 13.0 Å². The molecule has 3 aromatic carbocycles. The Morgan fingerprint density at radius 3 is 2.44 bits per heavy atom. The minimum Gasteiger partial charge on any atom is -0.369 e. The number of amides is 2. The van der Waals surface area contributed by atoms with Gasteiger partial charge in [-0.15, -0.1) is 0 Å². The van der Waals surface area contributed by atoms with Crippen molar-refractivity contribution in [1.29, 1.82) is 0 Å². The molecule has 0 saturated carbocycles. The Morgan fingerprint density at radius 2 is 1.66 bits per heavy atom. The number of piperazine rings is 1. The molecule has 3 aromatic rings. The van der Waals surface area contributed by atoms with Crippen LogP contribution in [0, 0.1) is 6.92 Å². The van der Waals surface area contributed by atoms with Crippen molar-refractivity contribution in [1.82, 2.24) is 10.2 Å². The third-order valence-corrected chi connectivity index (χ3v) is 6.03. The lowest BCUT2D eigenvalue weighted by molar-refractivity contribution is -0.123. The lowest BCUT2D eigenvalue weighted by atomic mass is 10.0. The summed E-state index contributed by atoms with van der Waals surface area (Å²) in [7, 11) is 2.14. The van der Waals surface area contributed by atoms with E-state index in [1.54, 1.807) is 0 Å². The molecular formula is C26H30N4O2. The van der Waals surface area contributed by atoms with Gasteiger partial charge < -0.3 is 20.4 Å². The average molecular weight is 431 g/mol. The van der Waals surface area contributed by atoms with E-state index in [0.717, 1.165) is 53.8 Å². The lowest BCUT2D eigenvalue weighted by Crippen LogP contribution is -2.44. The molecule has 0 atom stereocenters. The summed E-state index contributed by atoms with van der Waals surface area (Å²) >= 11 is 0. The molecule has 1 aliphatic heterocycles. The number of hydrogen-bond acceptors (Lipinski definition) is 4. The van der Waals surface area contributed by atoms with Crippen LogP contribution in [0.15, 0.2) is 60.7 Å². The predicted molar refractivity (Wildman–Crippen MR) is 130 cm³/mol. The molecule has 2 amide bonds. The molecule has 0 bridgehead atoms. The van der Waals surface area contributed by atoms with Crippen LogP contribution in [0.5, 0.6) is 0 Å². The van der Waals surface area contributed by atoms with Crippen LogP contribution >= 0.6 is 0 Å². The Balaban J connectivity index is 1.30. The molecule has 4 rings (SSSR count). The molecule has 0 spiro atoms. The highest BCUT2D eigenvalue weighted by Gasteiger charge is 2.15. The van der Waals surface area contributed by atoms with E-state index < -0.39 is 0 Å². The van der Waals surface area contributed by atoms with E-state index in [4.69, 9.17) is 0 Å². The summed E-state index contributed by atoms with van der Waals surface area (Å²) in [5.74, 6) is -0.398. The van der Waals surface area contributed by atoms with Crippen LogP contribution in [0.2, 0.25) is 0 Å². The maximum atomic E-state index is 12.4. The van der Waals surface area contributed by atoms with Gasteiger partial charge in [0.1, 0.15) is 0 Å². The largest absolute Gasteiger partial charge is 0.369 e. The number of nitrogens with zero attached hydrogens (tertiary/aromatic N) is 2. The van der Waals surface area contributed by atoms with Crippen LogP contribution in [0.3, 0.4) is 0 Å². The molecule has 6 nitrogen and oxygen atoms in total.